The lowest BCUT2D eigenvalue weighted by atomic mass is 9.84. The standard InChI is InChI=1S/C21H25NO2/c1-2-20(23)24-21(19-11-7-4-8-12-19)13-15-22(16-14-21)17-18-9-5-3-6-10-18/h3-12H,2,13-17H2,1H3. The zero-order valence-electron chi connectivity index (χ0n) is 14.3. The summed E-state index contributed by atoms with van der Waals surface area (Å²) in [5, 5.41) is 0. The van der Waals surface area contributed by atoms with Crippen molar-refractivity contribution in [3.8, 4) is 0 Å². The van der Waals surface area contributed by atoms with E-state index in [9.17, 15) is 4.79 Å². The quantitative estimate of drug-likeness (QED) is 0.775. The van der Waals surface area contributed by atoms with E-state index in [1.807, 2.05) is 31.2 Å². The van der Waals surface area contributed by atoms with Gasteiger partial charge in [-0.3, -0.25) is 9.69 Å². The summed E-state index contributed by atoms with van der Waals surface area (Å²) < 4.78 is 5.95. The van der Waals surface area contributed by atoms with E-state index in [0.717, 1.165) is 38.0 Å². The Balaban J connectivity index is 1.72. The summed E-state index contributed by atoms with van der Waals surface area (Å²) in [6.45, 7) is 4.67. The molecule has 3 heteroatoms. The molecule has 1 aliphatic heterocycles. The molecule has 0 N–H and O–H groups in total. The first kappa shape index (κ1) is 16.7. The third-order valence-corrected chi connectivity index (χ3v) is 4.81. The molecule has 126 valence electrons. The molecule has 24 heavy (non-hydrogen) atoms. The van der Waals surface area contributed by atoms with Crippen LogP contribution in [-0.2, 0) is 21.7 Å². The van der Waals surface area contributed by atoms with E-state index in [0.29, 0.717) is 6.42 Å². The van der Waals surface area contributed by atoms with Gasteiger partial charge in [-0.1, -0.05) is 67.6 Å². The van der Waals surface area contributed by atoms with Crippen molar-refractivity contribution in [2.24, 2.45) is 0 Å². The zero-order chi connectivity index (χ0) is 16.8. The van der Waals surface area contributed by atoms with Gasteiger partial charge >= 0.3 is 5.97 Å². The largest absolute Gasteiger partial charge is 0.454 e. The molecule has 0 amide bonds. The van der Waals surface area contributed by atoms with Gasteiger partial charge in [0.1, 0.15) is 5.60 Å². The van der Waals surface area contributed by atoms with Crippen molar-refractivity contribution in [2.45, 2.75) is 38.3 Å². The molecule has 0 spiro atoms. The van der Waals surface area contributed by atoms with Crippen LogP contribution in [0.4, 0.5) is 0 Å². The number of rotatable bonds is 5. The minimum Gasteiger partial charge on any atom is -0.454 e. The van der Waals surface area contributed by atoms with E-state index in [-0.39, 0.29) is 5.97 Å². The van der Waals surface area contributed by atoms with Crippen LogP contribution in [-0.4, -0.2) is 24.0 Å². The van der Waals surface area contributed by atoms with Crippen molar-refractivity contribution in [2.75, 3.05) is 13.1 Å². The topological polar surface area (TPSA) is 29.5 Å². The van der Waals surface area contributed by atoms with Gasteiger partial charge in [0.05, 0.1) is 0 Å². The Hall–Kier alpha value is -2.13. The number of benzene rings is 2. The number of esters is 1. The fraction of sp³-hybridized carbons (Fsp3) is 0.381. The molecule has 0 aliphatic carbocycles. The lowest BCUT2D eigenvalue weighted by molar-refractivity contribution is -0.166. The smallest absolute Gasteiger partial charge is 0.306 e. The van der Waals surface area contributed by atoms with E-state index < -0.39 is 5.60 Å². The number of hydrogen-bond acceptors (Lipinski definition) is 3. The molecule has 1 fully saturated rings. The Kier molecular flexibility index (Phi) is 5.31. The molecule has 0 bridgehead atoms. The van der Waals surface area contributed by atoms with Gasteiger partial charge in [0, 0.05) is 38.9 Å². The molecule has 0 unspecified atom stereocenters. The highest BCUT2D eigenvalue weighted by atomic mass is 16.6. The SMILES string of the molecule is CCC(=O)OC1(c2ccccc2)CCN(Cc2ccccc2)CC1. The number of ether oxygens (including phenoxy) is 1. The first-order valence-corrected chi connectivity index (χ1v) is 8.75. The third kappa shape index (κ3) is 3.85. The van der Waals surface area contributed by atoms with Gasteiger partial charge in [-0.05, 0) is 11.1 Å². The average Bonchev–Trinajstić information content (AvgIpc) is 2.65. The fourth-order valence-electron chi connectivity index (χ4n) is 3.40. The Morgan fingerprint density at radius 1 is 1.00 bits per heavy atom. The second-order valence-corrected chi connectivity index (χ2v) is 6.45. The molecule has 2 aromatic rings. The summed E-state index contributed by atoms with van der Waals surface area (Å²) in [5.41, 5.74) is 1.98. The van der Waals surface area contributed by atoms with Crippen LogP contribution in [0.25, 0.3) is 0 Å². The predicted molar refractivity (Wildman–Crippen MR) is 95.5 cm³/mol. The van der Waals surface area contributed by atoms with E-state index in [1.54, 1.807) is 0 Å². The van der Waals surface area contributed by atoms with Gasteiger partial charge in [0.2, 0.25) is 0 Å². The number of nitrogens with zero attached hydrogens (tertiary/aromatic N) is 1. The molecule has 0 atom stereocenters. The number of carbonyl (C=O) groups excluding carboxylic acids is 1. The molecule has 3 rings (SSSR count). The van der Waals surface area contributed by atoms with Gasteiger partial charge < -0.3 is 4.74 Å². The summed E-state index contributed by atoms with van der Waals surface area (Å²) in [5.74, 6) is -0.115. The average molecular weight is 323 g/mol. The Bertz CT molecular complexity index is 646. The number of likely N-dealkylation sites (tertiary alicyclic amines) is 1. The third-order valence-electron chi connectivity index (χ3n) is 4.81. The van der Waals surface area contributed by atoms with E-state index in [2.05, 4.69) is 41.3 Å². The first-order chi connectivity index (χ1) is 11.7. The van der Waals surface area contributed by atoms with E-state index in [1.165, 1.54) is 5.56 Å². The monoisotopic (exact) mass is 323 g/mol. The van der Waals surface area contributed by atoms with Crippen molar-refractivity contribution in [1.82, 2.24) is 4.90 Å². The number of carbonyl (C=O) groups is 1. The second kappa shape index (κ2) is 7.63. The maximum atomic E-state index is 12.0. The van der Waals surface area contributed by atoms with Gasteiger partial charge in [0.15, 0.2) is 0 Å². The first-order valence-electron chi connectivity index (χ1n) is 8.75. The van der Waals surface area contributed by atoms with Gasteiger partial charge in [0.25, 0.3) is 0 Å². The molecule has 2 aromatic carbocycles. The molecule has 0 radical (unpaired) electrons. The Labute approximate surface area is 144 Å². The lowest BCUT2D eigenvalue weighted by Crippen LogP contribution is -2.44. The lowest BCUT2D eigenvalue weighted by Gasteiger charge is -2.41. The van der Waals surface area contributed by atoms with Crippen LogP contribution >= 0.6 is 0 Å². The second-order valence-electron chi connectivity index (χ2n) is 6.45. The Morgan fingerprint density at radius 2 is 1.58 bits per heavy atom. The fourth-order valence-corrected chi connectivity index (χ4v) is 3.40. The molecule has 3 nitrogen and oxygen atoms in total. The molecular formula is C21H25NO2. The highest BCUT2D eigenvalue weighted by Gasteiger charge is 2.39. The highest BCUT2D eigenvalue weighted by molar-refractivity contribution is 5.69. The van der Waals surface area contributed by atoms with Crippen LogP contribution in [0.15, 0.2) is 60.7 Å². The summed E-state index contributed by atoms with van der Waals surface area (Å²) in [7, 11) is 0. The zero-order valence-corrected chi connectivity index (χ0v) is 14.3. The summed E-state index contributed by atoms with van der Waals surface area (Å²) in [6.07, 6.45) is 2.10. The molecule has 1 aliphatic rings. The van der Waals surface area contributed by atoms with Gasteiger partial charge in [-0.25, -0.2) is 0 Å². The summed E-state index contributed by atoms with van der Waals surface area (Å²) >= 11 is 0. The molecular weight excluding hydrogens is 298 g/mol. The van der Waals surface area contributed by atoms with Crippen LogP contribution in [0.5, 0.6) is 0 Å². The van der Waals surface area contributed by atoms with Crippen LogP contribution in [0.1, 0.15) is 37.3 Å². The summed E-state index contributed by atoms with van der Waals surface area (Å²) in [6, 6.07) is 20.7. The van der Waals surface area contributed by atoms with Crippen LogP contribution < -0.4 is 0 Å². The molecule has 1 saturated heterocycles. The number of piperidine rings is 1. The molecule has 0 aromatic heterocycles. The minimum atomic E-state index is -0.471. The molecule has 1 heterocycles. The summed E-state index contributed by atoms with van der Waals surface area (Å²) in [4.78, 5) is 14.4. The minimum absolute atomic E-state index is 0.115. The molecule has 0 saturated carbocycles. The van der Waals surface area contributed by atoms with Crippen molar-refractivity contribution in [3.05, 3.63) is 71.8 Å². The van der Waals surface area contributed by atoms with Crippen LogP contribution in [0.3, 0.4) is 0 Å². The van der Waals surface area contributed by atoms with Gasteiger partial charge in [-0.15, -0.1) is 0 Å². The van der Waals surface area contributed by atoms with Crippen molar-refractivity contribution < 1.29 is 9.53 Å². The van der Waals surface area contributed by atoms with Gasteiger partial charge in [-0.2, -0.15) is 0 Å². The van der Waals surface area contributed by atoms with Crippen LogP contribution in [0, 0.1) is 0 Å². The Morgan fingerprint density at radius 3 is 2.17 bits per heavy atom. The van der Waals surface area contributed by atoms with E-state index >= 15 is 0 Å². The van der Waals surface area contributed by atoms with Crippen LogP contribution in [0.2, 0.25) is 0 Å². The van der Waals surface area contributed by atoms with Crippen molar-refractivity contribution in [1.29, 1.82) is 0 Å². The van der Waals surface area contributed by atoms with Crippen molar-refractivity contribution >= 4 is 5.97 Å². The maximum Gasteiger partial charge on any atom is 0.306 e. The highest BCUT2D eigenvalue weighted by Crippen LogP contribution is 2.37. The van der Waals surface area contributed by atoms with Crippen molar-refractivity contribution in [3.63, 3.8) is 0 Å². The van der Waals surface area contributed by atoms with E-state index in [4.69, 9.17) is 4.74 Å². The maximum absolute atomic E-state index is 12.0. The predicted octanol–water partition coefficient (Wildman–Crippen LogP) is 4.13. The normalized spacial score (nSPS) is 17.4. The number of hydrogen-bond donors (Lipinski definition) is 0.